The quantitative estimate of drug-likeness (QED) is 0.387. The summed E-state index contributed by atoms with van der Waals surface area (Å²) in [5.41, 5.74) is 1.13. The van der Waals surface area contributed by atoms with Crippen molar-refractivity contribution in [2.24, 2.45) is 7.05 Å². The molecule has 0 aromatic carbocycles. The SMILES string of the molecule is Cc1cc2n(n1)C(C(F)(F)F)CCN2C(=O)Cn1nc(C)c2c(C(F)F)cc(-c3cnn(C)c3)nc21. The average molecular weight is 508 g/mol. The van der Waals surface area contributed by atoms with Crippen LogP contribution in [0.1, 0.15) is 35.8 Å². The van der Waals surface area contributed by atoms with Gasteiger partial charge in [-0.15, -0.1) is 0 Å². The van der Waals surface area contributed by atoms with Gasteiger partial charge in [-0.05, 0) is 26.3 Å². The van der Waals surface area contributed by atoms with E-state index in [1.54, 1.807) is 20.2 Å². The van der Waals surface area contributed by atoms with Crippen LogP contribution >= 0.6 is 0 Å². The lowest BCUT2D eigenvalue weighted by Gasteiger charge is -2.33. The average Bonchev–Trinajstić information content (AvgIpc) is 3.48. The third-order valence-corrected chi connectivity index (χ3v) is 6.14. The summed E-state index contributed by atoms with van der Waals surface area (Å²) in [4.78, 5) is 19.0. The van der Waals surface area contributed by atoms with E-state index in [1.807, 2.05) is 0 Å². The van der Waals surface area contributed by atoms with Gasteiger partial charge < -0.3 is 0 Å². The lowest BCUT2D eigenvalue weighted by Crippen LogP contribution is -2.44. The van der Waals surface area contributed by atoms with Crippen molar-refractivity contribution in [1.29, 1.82) is 0 Å². The Bertz CT molecular complexity index is 1470. The topological polar surface area (TPSA) is 86.7 Å². The molecule has 0 saturated heterocycles. The van der Waals surface area contributed by atoms with Crippen LogP contribution in [0.15, 0.2) is 24.5 Å². The summed E-state index contributed by atoms with van der Waals surface area (Å²) in [5.74, 6) is -0.537. The fourth-order valence-corrected chi connectivity index (χ4v) is 4.56. The number of hydrogen-bond donors (Lipinski definition) is 0. The van der Waals surface area contributed by atoms with Crippen molar-refractivity contribution in [2.45, 2.75) is 45.5 Å². The number of aromatic nitrogens is 7. The van der Waals surface area contributed by atoms with E-state index >= 15 is 0 Å². The van der Waals surface area contributed by atoms with Gasteiger partial charge in [0.25, 0.3) is 6.43 Å². The number of nitrogens with zero attached hydrogens (tertiary/aromatic N) is 8. The van der Waals surface area contributed by atoms with Gasteiger partial charge in [-0.1, -0.05) is 0 Å². The molecule has 1 aliphatic heterocycles. The van der Waals surface area contributed by atoms with Crippen LogP contribution in [0.25, 0.3) is 22.3 Å². The molecule has 4 aromatic heterocycles. The van der Waals surface area contributed by atoms with E-state index in [0.29, 0.717) is 11.3 Å². The molecule has 36 heavy (non-hydrogen) atoms. The third kappa shape index (κ3) is 3.99. The molecule has 1 aliphatic rings. The second-order valence-corrected chi connectivity index (χ2v) is 8.72. The first kappa shape index (κ1) is 23.9. The Morgan fingerprint density at radius 2 is 1.94 bits per heavy atom. The molecule has 4 aromatic rings. The van der Waals surface area contributed by atoms with Gasteiger partial charge in [-0.25, -0.2) is 23.1 Å². The van der Waals surface area contributed by atoms with E-state index in [4.69, 9.17) is 0 Å². The minimum absolute atomic E-state index is 0.0246. The molecule has 0 spiro atoms. The van der Waals surface area contributed by atoms with E-state index in [0.717, 1.165) is 4.68 Å². The smallest absolute Gasteiger partial charge is 0.295 e. The standard InChI is InChI=1S/C22H21F5N8O/c1-11-6-17-33(5-4-16(22(25,26)27)35(17)30-11)18(36)10-34-21-19(12(2)31-34)14(20(23)24)7-15(29-21)13-8-28-32(3)9-13/h6-9,16,20H,4-5,10H2,1-3H3. The zero-order valence-electron chi connectivity index (χ0n) is 19.5. The van der Waals surface area contributed by atoms with Crippen molar-refractivity contribution >= 4 is 22.8 Å². The molecule has 190 valence electrons. The Morgan fingerprint density at radius 3 is 2.58 bits per heavy atom. The first-order chi connectivity index (χ1) is 16.9. The maximum Gasteiger partial charge on any atom is 0.410 e. The predicted molar refractivity (Wildman–Crippen MR) is 118 cm³/mol. The van der Waals surface area contributed by atoms with E-state index in [-0.39, 0.29) is 46.8 Å². The van der Waals surface area contributed by atoms with Crippen molar-refractivity contribution in [3.8, 4) is 11.3 Å². The molecular weight excluding hydrogens is 487 g/mol. The molecule has 1 atom stereocenters. The van der Waals surface area contributed by atoms with Crippen LogP contribution in [0.4, 0.5) is 27.8 Å². The summed E-state index contributed by atoms with van der Waals surface area (Å²) in [6.07, 6.45) is -4.60. The number of carbonyl (C=O) groups excluding carboxylic acids is 1. The fraction of sp³-hybridized carbons (Fsp3) is 0.409. The molecule has 5 rings (SSSR count). The van der Waals surface area contributed by atoms with E-state index in [2.05, 4.69) is 20.3 Å². The predicted octanol–water partition coefficient (Wildman–Crippen LogP) is 4.12. The van der Waals surface area contributed by atoms with Crippen molar-refractivity contribution < 1.29 is 26.7 Å². The molecule has 9 nitrogen and oxygen atoms in total. The first-order valence-corrected chi connectivity index (χ1v) is 11.0. The molecule has 0 aliphatic carbocycles. The Morgan fingerprint density at radius 1 is 1.19 bits per heavy atom. The Kier molecular flexibility index (Phi) is 5.56. The third-order valence-electron chi connectivity index (χ3n) is 6.14. The van der Waals surface area contributed by atoms with Crippen molar-refractivity contribution in [2.75, 3.05) is 11.4 Å². The number of aryl methyl sites for hydroxylation is 3. The van der Waals surface area contributed by atoms with E-state index in [9.17, 15) is 26.7 Å². The number of alkyl halides is 5. The Balaban J connectivity index is 1.54. The monoisotopic (exact) mass is 508 g/mol. The molecule has 0 radical (unpaired) electrons. The highest BCUT2D eigenvalue weighted by atomic mass is 19.4. The minimum atomic E-state index is -4.52. The minimum Gasteiger partial charge on any atom is -0.295 e. The number of pyridine rings is 1. The molecule has 0 N–H and O–H groups in total. The van der Waals surface area contributed by atoms with Crippen LogP contribution in [-0.4, -0.2) is 53.0 Å². The zero-order valence-corrected chi connectivity index (χ0v) is 19.5. The Hall–Kier alpha value is -3.84. The van der Waals surface area contributed by atoms with E-state index < -0.39 is 31.1 Å². The molecule has 0 saturated carbocycles. The van der Waals surface area contributed by atoms with Gasteiger partial charge in [0.2, 0.25) is 5.91 Å². The van der Waals surface area contributed by atoms with Crippen molar-refractivity contribution in [1.82, 2.24) is 34.3 Å². The normalized spacial score (nSPS) is 16.2. The second-order valence-electron chi connectivity index (χ2n) is 8.72. The summed E-state index contributed by atoms with van der Waals surface area (Å²) >= 11 is 0. The molecule has 14 heteroatoms. The summed E-state index contributed by atoms with van der Waals surface area (Å²) in [6, 6.07) is 0.847. The van der Waals surface area contributed by atoms with Gasteiger partial charge in [0.1, 0.15) is 12.4 Å². The number of rotatable bonds is 4. The van der Waals surface area contributed by atoms with Crippen molar-refractivity contribution in [3.05, 3.63) is 41.5 Å². The van der Waals surface area contributed by atoms with Gasteiger partial charge in [-0.2, -0.15) is 28.5 Å². The number of amides is 1. The lowest BCUT2D eigenvalue weighted by atomic mass is 10.1. The molecule has 1 unspecified atom stereocenters. The highest BCUT2D eigenvalue weighted by Crippen LogP contribution is 2.40. The first-order valence-electron chi connectivity index (χ1n) is 11.0. The highest BCUT2D eigenvalue weighted by Gasteiger charge is 2.46. The van der Waals surface area contributed by atoms with Crippen LogP contribution in [0, 0.1) is 13.8 Å². The largest absolute Gasteiger partial charge is 0.410 e. The van der Waals surface area contributed by atoms with E-state index in [1.165, 1.54) is 39.5 Å². The van der Waals surface area contributed by atoms with Crippen LogP contribution in [0.5, 0.6) is 0 Å². The van der Waals surface area contributed by atoms with Crippen molar-refractivity contribution in [3.63, 3.8) is 0 Å². The van der Waals surface area contributed by atoms with Crippen LogP contribution in [0.3, 0.4) is 0 Å². The highest BCUT2D eigenvalue weighted by molar-refractivity contribution is 5.94. The van der Waals surface area contributed by atoms with Crippen LogP contribution in [-0.2, 0) is 18.4 Å². The second kappa shape index (κ2) is 8.38. The molecule has 1 amide bonds. The number of anilines is 1. The van der Waals surface area contributed by atoms with Crippen LogP contribution < -0.4 is 4.90 Å². The van der Waals surface area contributed by atoms with Gasteiger partial charge >= 0.3 is 6.18 Å². The van der Waals surface area contributed by atoms with Crippen LogP contribution in [0.2, 0.25) is 0 Å². The summed E-state index contributed by atoms with van der Waals surface area (Å²) in [7, 11) is 1.68. The zero-order chi connectivity index (χ0) is 25.9. The number of halogens is 5. The maximum atomic E-state index is 14.0. The van der Waals surface area contributed by atoms with Gasteiger partial charge in [0, 0.05) is 37.0 Å². The lowest BCUT2D eigenvalue weighted by molar-refractivity contribution is -0.173. The summed E-state index contributed by atoms with van der Waals surface area (Å²) in [6.45, 7) is 2.50. The molecular formula is C22H21F5N8O. The summed E-state index contributed by atoms with van der Waals surface area (Å²) < 4.78 is 72.0. The fourth-order valence-electron chi connectivity index (χ4n) is 4.56. The number of hydrogen-bond acceptors (Lipinski definition) is 5. The summed E-state index contributed by atoms with van der Waals surface area (Å²) in [5, 5.41) is 12.4. The van der Waals surface area contributed by atoms with Gasteiger partial charge in [-0.3, -0.25) is 14.4 Å². The Labute approximate surface area is 201 Å². The number of fused-ring (bicyclic) bond motifs is 2. The molecule has 0 bridgehead atoms. The van der Waals surface area contributed by atoms with Gasteiger partial charge in [0.15, 0.2) is 11.7 Å². The number of carbonyl (C=O) groups is 1. The maximum absolute atomic E-state index is 14.0. The van der Waals surface area contributed by atoms with Gasteiger partial charge in [0.05, 0.1) is 28.7 Å². The molecule has 0 fully saturated rings. The molecule has 5 heterocycles.